The van der Waals surface area contributed by atoms with Gasteiger partial charge >= 0.3 is 5.97 Å². The molecular weight excluding hydrogens is 280 g/mol. The van der Waals surface area contributed by atoms with Crippen LogP contribution >= 0.6 is 0 Å². The number of nitrogens with zero attached hydrogens (tertiary/aromatic N) is 1. The summed E-state index contributed by atoms with van der Waals surface area (Å²) in [6.45, 7) is 2.38. The standard InChI is InChI=1S/C13H22N2O4S/c1-4-8-14-20(17,18)9-7-11-5-6-12(15(11)2)10-13(16)19-3/h5-6,14H,4,7-10H2,1-3H3. The molecule has 0 bridgehead atoms. The van der Waals surface area contributed by atoms with Crippen LogP contribution in [0, 0.1) is 0 Å². The highest BCUT2D eigenvalue weighted by Gasteiger charge is 2.13. The fraction of sp³-hybridized carbons (Fsp3) is 0.615. The first kappa shape index (κ1) is 16.7. The van der Waals surface area contributed by atoms with E-state index in [2.05, 4.69) is 9.46 Å². The quantitative estimate of drug-likeness (QED) is 0.714. The number of ether oxygens (including phenoxy) is 1. The molecule has 0 aromatic carbocycles. The van der Waals surface area contributed by atoms with Gasteiger partial charge in [0.1, 0.15) is 0 Å². The van der Waals surface area contributed by atoms with E-state index in [0.29, 0.717) is 13.0 Å². The largest absolute Gasteiger partial charge is 0.469 e. The van der Waals surface area contributed by atoms with Gasteiger partial charge in [0.2, 0.25) is 10.0 Å². The lowest BCUT2D eigenvalue weighted by Crippen LogP contribution is -2.28. The minimum absolute atomic E-state index is 0.0442. The maximum Gasteiger partial charge on any atom is 0.311 e. The molecule has 0 aliphatic rings. The van der Waals surface area contributed by atoms with Gasteiger partial charge in [0.15, 0.2) is 0 Å². The first-order valence-corrected chi connectivity index (χ1v) is 8.22. The average molecular weight is 302 g/mol. The number of carbonyl (C=O) groups is 1. The molecule has 1 N–H and O–H groups in total. The van der Waals surface area contributed by atoms with Crippen molar-refractivity contribution in [1.29, 1.82) is 0 Å². The minimum Gasteiger partial charge on any atom is -0.469 e. The molecule has 1 aromatic heterocycles. The molecule has 0 aliphatic carbocycles. The number of methoxy groups -OCH3 is 1. The summed E-state index contributed by atoms with van der Waals surface area (Å²) in [5.74, 6) is -0.266. The maximum atomic E-state index is 11.7. The summed E-state index contributed by atoms with van der Waals surface area (Å²) >= 11 is 0. The number of rotatable bonds is 8. The van der Waals surface area contributed by atoms with Crippen molar-refractivity contribution in [2.75, 3.05) is 19.4 Å². The Kier molecular flexibility index (Phi) is 6.22. The van der Waals surface area contributed by atoms with Gasteiger partial charge in [0.05, 0.1) is 19.3 Å². The van der Waals surface area contributed by atoms with Crippen molar-refractivity contribution < 1.29 is 17.9 Å². The lowest BCUT2D eigenvalue weighted by atomic mass is 10.3. The second-order valence-electron chi connectivity index (χ2n) is 4.59. The Morgan fingerprint density at radius 2 is 2.00 bits per heavy atom. The molecule has 0 saturated carbocycles. The third-order valence-corrected chi connectivity index (χ3v) is 4.47. The van der Waals surface area contributed by atoms with E-state index in [4.69, 9.17) is 0 Å². The van der Waals surface area contributed by atoms with Crippen LogP contribution in [0.1, 0.15) is 24.7 Å². The summed E-state index contributed by atoms with van der Waals surface area (Å²) in [5.41, 5.74) is 1.69. The summed E-state index contributed by atoms with van der Waals surface area (Å²) in [5, 5.41) is 0. The highest BCUT2D eigenvalue weighted by atomic mass is 32.2. The Hall–Kier alpha value is -1.34. The number of esters is 1. The maximum absolute atomic E-state index is 11.7. The van der Waals surface area contributed by atoms with E-state index in [9.17, 15) is 13.2 Å². The predicted molar refractivity (Wildman–Crippen MR) is 76.9 cm³/mol. The number of aryl methyl sites for hydroxylation is 1. The van der Waals surface area contributed by atoms with Gasteiger partial charge in [-0.1, -0.05) is 6.92 Å². The van der Waals surface area contributed by atoms with Crippen molar-refractivity contribution in [3.05, 3.63) is 23.5 Å². The zero-order valence-corrected chi connectivity index (χ0v) is 13.0. The van der Waals surface area contributed by atoms with Gasteiger partial charge in [-0.25, -0.2) is 13.1 Å². The molecule has 1 aromatic rings. The van der Waals surface area contributed by atoms with Gasteiger partial charge < -0.3 is 9.30 Å². The van der Waals surface area contributed by atoms with E-state index in [1.807, 2.05) is 30.7 Å². The van der Waals surface area contributed by atoms with Crippen LogP contribution in [0.25, 0.3) is 0 Å². The summed E-state index contributed by atoms with van der Waals surface area (Å²) in [4.78, 5) is 11.2. The molecule has 20 heavy (non-hydrogen) atoms. The van der Waals surface area contributed by atoms with Gasteiger partial charge in [0, 0.05) is 31.4 Å². The van der Waals surface area contributed by atoms with Crippen LogP contribution in [0.15, 0.2) is 12.1 Å². The van der Waals surface area contributed by atoms with Crippen molar-refractivity contribution in [3.63, 3.8) is 0 Å². The van der Waals surface area contributed by atoms with Gasteiger partial charge in [-0.05, 0) is 18.6 Å². The summed E-state index contributed by atoms with van der Waals surface area (Å²) in [7, 11) is -0.0676. The van der Waals surface area contributed by atoms with Gasteiger partial charge in [-0.2, -0.15) is 0 Å². The first-order chi connectivity index (χ1) is 9.39. The lowest BCUT2D eigenvalue weighted by Gasteiger charge is -2.08. The van der Waals surface area contributed by atoms with Crippen LogP contribution < -0.4 is 4.72 Å². The molecule has 7 heteroatoms. The van der Waals surface area contributed by atoms with Crippen LogP contribution in [-0.2, 0) is 39.4 Å². The van der Waals surface area contributed by atoms with E-state index in [1.54, 1.807) is 0 Å². The molecule has 0 radical (unpaired) electrons. The molecule has 0 saturated heterocycles. The van der Waals surface area contributed by atoms with E-state index >= 15 is 0 Å². The van der Waals surface area contributed by atoms with Gasteiger partial charge in [0.25, 0.3) is 0 Å². The molecule has 1 rings (SSSR count). The Bertz CT molecular complexity index is 549. The number of hydrogen-bond donors (Lipinski definition) is 1. The number of sulfonamides is 1. The normalized spacial score (nSPS) is 11.6. The SMILES string of the molecule is CCCNS(=O)(=O)CCc1ccc(CC(=O)OC)n1C. The van der Waals surface area contributed by atoms with E-state index in [-0.39, 0.29) is 18.1 Å². The zero-order valence-electron chi connectivity index (χ0n) is 12.2. The Morgan fingerprint density at radius 1 is 1.35 bits per heavy atom. The minimum atomic E-state index is -3.23. The molecule has 0 aliphatic heterocycles. The van der Waals surface area contributed by atoms with Crippen LogP contribution in [0.4, 0.5) is 0 Å². The number of aromatic nitrogens is 1. The molecular formula is C13H22N2O4S. The van der Waals surface area contributed by atoms with E-state index < -0.39 is 10.0 Å². The van der Waals surface area contributed by atoms with Gasteiger partial charge in [-0.15, -0.1) is 0 Å². The number of hydrogen-bond acceptors (Lipinski definition) is 4. The fourth-order valence-electron chi connectivity index (χ4n) is 1.82. The highest BCUT2D eigenvalue weighted by Crippen LogP contribution is 2.10. The zero-order chi connectivity index (χ0) is 15.2. The Morgan fingerprint density at radius 3 is 2.60 bits per heavy atom. The Balaban J connectivity index is 2.63. The number of nitrogens with one attached hydrogen (secondary N) is 1. The second-order valence-corrected chi connectivity index (χ2v) is 6.52. The van der Waals surface area contributed by atoms with Crippen molar-refractivity contribution in [2.45, 2.75) is 26.2 Å². The van der Waals surface area contributed by atoms with E-state index in [1.165, 1.54) is 7.11 Å². The highest BCUT2D eigenvalue weighted by molar-refractivity contribution is 7.89. The predicted octanol–water partition coefficient (Wildman–Crippen LogP) is 0.612. The molecule has 6 nitrogen and oxygen atoms in total. The molecule has 0 amide bonds. The first-order valence-electron chi connectivity index (χ1n) is 6.57. The van der Waals surface area contributed by atoms with Gasteiger partial charge in [-0.3, -0.25) is 4.79 Å². The smallest absolute Gasteiger partial charge is 0.311 e. The van der Waals surface area contributed by atoms with Crippen LogP contribution in [0.3, 0.4) is 0 Å². The third-order valence-electron chi connectivity index (χ3n) is 3.08. The molecule has 0 atom stereocenters. The second kappa shape index (κ2) is 7.44. The molecule has 0 spiro atoms. The fourth-order valence-corrected chi connectivity index (χ4v) is 2.96. The molecule has 114 valence electrons. The van der Waals surface area contributed by atoms with Crippen molar-refractivity contribution in [1.82, 2.24) is 9.29 Å². The summed E-state index contributed by atoms with van der Waals surface area (Å²) in [6, 6.07) is 3.66. The van der Waals surface area contributed by atoms with Crippen molar-refractivity contribution >= 4 is 16.0 Å². The average Bonchev–Trinajstić information content (AvgIpc) is 2.75. The summed E-state index contributed by atoms with van der Waals surface area (Å²) in [6.07, 6.45) is 1.37. The molecule has 0 unspecified atom stereocenters. The molecule has 1 heterocycles. The third kappa shape index (κ3) is 4.97. The lowest BCUT2D eigenvalue weighted by molar-refractivity contribution is -0.139. The topological polar surface area (TPSA) is 77.4 Å². The number of carbonyl (C=O) groups excluding carboxylic acids is 1. The van der Waals surface area contributed by atoms with Crippen molar-refractivity contribution in [2.24, 2.45) is 7.05 Å². The van der Waals surface area contributed by atoms with Crippen LogP contribution in [0.2, 0.25) is 0 Å². The van der Waals surface area contributed by atoms with Crippen molar-refractivity contribution in [3.8, 4) is 0 Å². The van der Waals surface area contributed by atoms with Crippen LogP contribution in [-0.4, -0.2) is 38.4 Å². The Labute approximate surface area is 120 Å². The summed E-state index contributed by atoms with van der Waals surface area (Å²) < 4.78 is 32.4. The monoisotopic (exact) mass is 302 g/mol. The van der Waals surface area contributed by atoms with E-state index in [0.717, 1.165) is 17.8 Å². The molecule has 0 fully saturated rings. The van der Waals surface area contributed by atoms with Crippen LogP contribution in [0.5, 0.6) is 0 Å².